The Bertz CT molecular complexity index is 1090. The summed E-state index contributed by atoms with van der Waals surface area (Å²) < 4.78 is 5.04. The maximum Gasteiger partial charge on any atom is 0.305 e. The van der Waals surface area contributed by atoms with Crippen molar-refractivity contribution in [3.05, 3.63) is 94.2 Å². The number of rotatable bonds is 8. The summed E-state index contributed by atoms with van der Waals surface area (Å²) in [6, 6.07) is 19.0. The molecule has 0 aliphatic rings. The van der Waals surface area contributed by atoms with E-state index < -0.39 is 23.3 Å². The van der Waals surface area contributed by atoms with Crippen molar-refractivity contribution in [3.8, 4) is 5.75 Å². The van der Waals surface area contributed by atoms with Gasteiger partial charge < -0.3 is 25.5 Å². The van der Waals surface area contributed by atoms with Crippen LogP contribution in [0.15, 0.2) is 71.7 Å². The number of aromatic amines is 1. The summed E-state index contributed by atoms with van der Waals surface area (Å²) in [5.74, 6) is -2.07. The lowest BCUT2D eigenvalue weighted by atomic mass is 10.2. The van der Waals surface area contributed by atoms with E-state index in [1.54, 1.807) is 31.4 Å². The number of nitrogens with zero attached hydrogens (tertiary/aromatic N) is 1. The van der Waals surface area contributed by atoms with E-state index in [0.717, 1.165) is 11.8 Å². The van der Waals surface area contributed by atoms with Gasteiger partial charge in [0.05, 0.1) is 13.5 Å². The van der Waals surface area contributed by atoms with Crippen molar-refractivity contribution < 1.29 is 24.2 Å². The fourth-order valence-electron chi connectivity index (χ4n) is 2.44. The van der Waals surface area contributed by atoms with Crippen LogP contribution in [0.1, 0.15) is 33.0 Å². The second kappa shape index (κ2) is 13.1. The third-order valence-electron chi connectivity index (χ3n) is 4.16. The van der Waals surface area contributed by atoms with Crippen LogP contribution in [0.5, 0.6) is 5.75 Å². The summed E-state index contributed by atoms with van der Waals surface area (Å²) in [6.45, 7) is 0.0850. The summed E-state index contributed by atoms with van der Waals surface area (Å²) in [6.07, 6.45) is 0.732. The molecule has 0 spiro atoms. The first-order valence-corrected chi connectivity index (χ1v) is 9.91. The van der Waals surface area contributed by atoms with Crippen molar-refractivity contribution in [1.82, 2.24) is 20.6 Å². The minimum Gasteiger partial charge on any atom is -0.497 e. The Morgan fingerprint density at radius 2 is 1.58 bits per heavy atom. The molecule has 0 radical (unpaired) electrons. The van der Waals surface area contributed by atoms with Gasteiger partial charge in [0, 0.05) is 19.3 Å². The number of hydrogen-bond donors (Lipinski definition) is 4. The SMILES string of the molecule is COc1ccc(CNC(=O)c2cnc(C(=O)NCCC(=O)O)[nH]c2=O)cc1.c1ccccc1. The van der Waals surface area contributed by atoms with E-state index >= 15 is 0 Å². The van der Waals surface area contributed by atoms with E-state index in [2.05, 4.69) is 20.6 Å². The Kier molecular flexibility index (Phi) is 9.81. The topological polar surface area (TPSA) is 150 Å². The van der Waals surface area contributed by atoms with Crippen LogP contribution in [0.4, 0.5) is 0 Å². The molecular weight excluding hydrogens is 428 g/mol. The zero-order valence-corrected chi connectivity index (χ0v) is 17.9. The second-order valence-electron chi connectivity index (χ2n) is 6.56. The molecule has 0 fully saturated rings. The molecule has 2 aromatic carbocycles. The normalized spacial score (nSPS) is 9.73. The standard InChI is InChI=1S/C17H18N4O6.C6H6/c1-27-11-4-2-10(3-5-11)8-20-15(24)12-9-19-14(21-16(12)25)17(26)18-7-6-13(22)23;1-2-4-6-5-3-1/h2-5,9H,6-8H2,1H3,(H,18,26)(H,20,24)(H,22,23)(H,19,21,25);1-6H. The Balaban J connectivity index is 0.000000554. The maximum atomic E-state index is 12.1. The lowest BCUT2D eigenvalue weighted by Crippen LogP contribution is -2.33. The highest BCUT2D eigenvalue weighted by molar-refractivity contribution is 5.94. The maximum absolute atomic E-state index is 12.1. The summed E-state index contributed by atoms with van der Waals surface area (Å²) in [4.78, 5) is 52.3. The average Bonchev–Trinajstić information content (AvgIpc) is 2.84. The zero-order valence-electron chi connectivity index (χ0n) is 17.9. The van der Waals surface area contributed by atoms with Gasteiger partial charge in [-0.2, -0.15) is 0 Å². The number of H-pyrrole nitrogens is 1. The predicted molar refractivity (Wildman–Crippen MR) is 120 cm³/mol. The van der Waals surface area contributed by atoms with Gasteiger partial charge >= 0.3 is 5.97 Å². The molecule has 10 heteroatoms. The number of carboxylic acid groups (broad SMARTS) is 1. The quantitative estimate of drug-likeness (QED) is 0.405. The number of nitrogens with one attached hydrogen (secondary N) is 3. The molecule has 1 aromatic heterocycles. The lowest BCUT2D eigenvalue weighted by Gasteiger charge is -2.07. The van der Waals surface area contributed by atoms with Gasteiger partial charge in [0.25, 0.3) is 17.4 Å². The minimum atomic E-state index is -1.07. The number of ether oxygens (including phenoxy) is 1. The molecule has 1 heterocycles. The minimum absolute atomic E-state index is 0.109. The number of aliphatic carboxylic acids is 1. The number of amides is 2. The van der Waals surface area contributed by atoms with E-state index in [0.29, 0.717) is 5.75 Å². The van der Waals surface area contributed by atoms with Crippen LogP contribution in [-0.2, 0) is 11.3 Å². The highest BCUT2D eigenvalue weighted by atomic mass is 16.5. The summed E-state index contributed by atoms with van der Waals surface area (Å²) >= 11 is 0. The molecule has 2 amide bonds. The van der Waals surface area contributed by atoms with E-state index in [4.69, 9.17) is 9.84 Å². The number of carboxylic acids is 1. The van der Waals surface area contributed by atoms with Gasteiger partial charge in [0.2, 0.25) is 0 Å². The smallest absolute Gasteiger partial charge is 0.305 e. The molecule has 3 rings (SSSR count). The van der Waals surface area contributed by atoms with Crippen LogP contribution in [0, 0.1) is 0 Å². The summed E-state index contributed by atoms with van der Waals surface area (Å²) in [5, 5.41) is 13.4. The third kappa shape index (κ3) is 8.66. The summed E-state index contributed by atoms with van der Waals surface area (Å²) in [5.41, 5.74) is -0.214. The molecule has 0 aliphatic heterocycles. The third-order valence-corrected chi connectivity index (χ3v) is 4.16. The molecule has 3 aromatic rings. The number of aromatic nitrogens is 2. The molecule has 172 valence electrons. The molecule has 4 N–H and O–H groups in total. The van der Waals surface area contributed by atoms with Crippen molar-refractivity contribution in [2.75, 3.05) is 13.7 Å². The van der Waals surface area contributed by atoms with Crippen LogP contribution in [0.2, 0.25) is 0 Å². The van der Waals surface area contributed by atoms with Crippen LogP contribution in [-0.4, -0.2) is 46.5 Å². The largest absolute Gasteiger partial charge is 0.497 e. The first-order valence-electron chi connectivity index (χ1n) is 9.91. The molecule has 0 saturated heterocycles. The van der Waals surface area contributed by atoms with Gasteiger partial charge in [-0.25, -0.2) is 4.98 Å². The van der Waals surface area contributed by atoms with Gasteiger partial charge in [0.15, 0.2) is 5.82 Å². The molecule has 0 bridgehead atoms. The fraction of sp³-hybridized carbons (Fsp3) is 0.174. The van der Waals surface area contributed by atoms with Crippen LogP contribution in [0.3, 0.4) is 0 Å². The lowest BCUT2D eigenvalue weighted by molar-refractivity contribution is -0.136. The summed E-state index contributed by atoms with van der Waals surface area (Å²) in [7, 11) is 1.55. The average molecular weight is 452 g/mol. The van der Waals surface area contributed by atoms with Crippen molar-refractivity contribution in [3.63, 3.8) is 0 Å². The van der Waals surface area contributed by atoms with Crippen LogP contribution < -0.4 is 20.9 Å². The number of benzene rings is 2. The number of carbonyl (C=O) groups is 3. The van der Waals surface area contributed by atoms with E-state index in [-0.39, 0.29) is 30.9 Å². The molecule has 0 atom stereocenters. The first kappa shape index (κ1) is 24.8. The predicted octanol–water partition coefficient (Wildman–Crippen LogP) is 1.60. The number of methoxy groups -OCH3 is 1. The Hall–Kier alpha value is -4.47. The van der Waals surface area contributed by atoms with Crippen LogP contribution in [0.25, 0.3) is 0 Å². The molecule has 10 nitrogen and oxygen atoms in total. The number of carbonyl (C=O) groups excluding carboxylic acids is 2. The Morgan fingerprint density at radius 1 is 0.970 bits per heavy atom. The van der Waals surface area contributed by atoms with Crippen molar-refractivity contribution in [1.29, 1.82) is 0 Å². The molecule has 0 aliphatic carbocycles. The van der Waals surface area contributed by atoms with E-state index in [9.17, 15) is 19.2 Å². The highest BCUT2D eigenvalue weighted by Crippen LogP contribution is 2.11. The molecule has 0 unspecified atom stereocenters. The molecular formula is C23H24N4O6. The Labute approximate surface area is 189 Å². The van der Waals surface area contributed by atoms with Gasteiger partial charge in [-0.3, -0.25) is 19.2 Å². The van der Waals surface area contributed by atoms with Crippen molar-refractivity contribution in [2.24, 2.45) is 0 Å². The van der Waals surface area contributed by atoms with Crippen LogP contribution >= 0.6 is 0 Å². The number of hydrogen-bond acceptors (Lipinski definition) is 6. The van der Waals surface area contributed by atoms with E-state index in [1.165, 1.54) is 0 Å². The fourth-order valence-corrected chi connectivity index (χ4v) is 2.44. The molecule has 33 heavy (non-hydrogen) atoms. The molecule has 0 saturated carbocycles. The zero-order chi connectivity index (χ0) is 24.1. The van der Waals surface area contributed by atoms with Gasteiger partial charge in [-0.1, -0.05) is 48.5 Å². The van der Waals surface area contributed by atoms with Crippen molar-refractivity contribution in [2.45, 2.75) is 13.0 Å². The van der Waals surface area contributed by atoms with Gasteiger partial charge in [0.1, 0.15) is 11.3 Å². The van der Waals surface area contributed by atoms with Crippen molar-refractivity contribution >= 4 is 17.8 Å². The Morgan fingerprint density at radius 3 is 2.09 bits per heavy atom. The van der Waals surface area contributed by atoms with Gasteiger partial charge in [-0.15, -0.1) is 0 Å². The monoisotopic (exact) mass is 452 g/mol. The first-order chi connectivity index (χ1) is 15.9. The van der Waals surface area contributed by atoms with E-state index in [1.807, 2.05) is 36.4 Å². The second-order valence-corrected chi connectivity index (χ2v) is 6.56. The highest BCUT2D eigenvalue weighted by Gasteiger charge is 2.15. The van der Waals surface area contributed by atoms with Gasteiger partial charge in [-0.05, 0) is 17.7 Å².